The van der Waals surface area contributed by atoms with Crippen LogP contribution in [-0.2, 0) is 16.0 Å². The van der Waals surface area contributed by atoms with E-state index in [0.29, 0.717) is 25.8 Å². The van der Waals surface area contributed by atoms with Gasteiger partial charge in [0.15, 0.2) is 0 Å². The maximum Gasteiger partial charge on any atom is 0.471 e. The molecule has 0 aromatic heterocycles. The molecule has 0 saturated carbocycles. The Morgan fingerprint density at radius 3 is 2.33 bits per heavy atom. The van der Waals surface area contributed by atoms with Crippen molar-refractivity contribution in [3.63, 3.8) is 0 Å². The molecule has 1 aliphatic rings. The molecular formula is C17H21F3N2O2. The Morgan fingerprint density at radius 1 is 1.04 bits per heavy atom. The lowest BCUT2D eigenvalue weighted by Crippen LogP contribution is -2.43. The Hall–Kier alpha value is -2.05. The Bertz CT molecular complexity index is 602. The average molecular weight is 342 g/mol. The van der Waals surface area contributed by atoms with E-state index < -0.39 is 12.1 Å². The molecular weight excluding hydrogens is 321 g/mol. The number of nitrogens with zero attached hydrogens (tertiary/aromatic N) is 2. The van der Waals surface area contributed by atoms with Gasteiger partial charge in [-0.05, 0) is 30.9 Å². The molecule has 0 bridgehead atoms. The van der Waals surface area contributed by atoms with Crippen molar-refractivity contribution in [1.82, 2.24) is 9.80 Å². The first-order valence-electron chi connectivity index (χ1n) is 7.97. The van der Waals surface area contributed by atoms with E-state index in [-0.39, 0.29) is 25.5 Å². The number of amides is 2. The fraction of sp³-hybridized carbons (Fsp3) is 0.529. The van der Waals surface area contributed by atoms with E-state index >= 15 is 0 Å². The quantitative estimate of drug-likeness (QED) is 0.847. The number of halogens is 3. The fourth-order valence-electron chi connectivity index (χ4n) is 2.84. The molecule has 24 heavy (non-hydrogen) atoms. The molecule has 0 radical (unpaired) electrons. The zero-order valence-corrected chi connectivity index (χ0v) is 13.6. The summed E-state index contributed by atoms with van der Waals surface area (Å²) >= 11 is 0. The summed E-state index contributed by atoms with van der Waals surface area (Å²) in [7, 11) is 0. The van der Waals surface area contributed by atoms with E-state index in [1.807, 2.05) is 31.2 Å². The van der Waals surface area contributed by atoms with Crippen LogP contribution in [0.5, 0.6) is 0 Å². The van der Waals surface area contributed by atoms with Gasteiger partial charge in [-0.3, -0.25) is 9.59 Å². The minimum Gasteiger partial charge on any atom is -0.341 e. The van der Waals surface area contributed by atoms with Crippen LogP contribution < -0.4 is 0 Å². The summed E-state index contributed by atoms with van der Waals surface area (Å²) in [4.78, 5) is 25.9. The summed E-state index contributed by atoms with van der Waals surface area (Å²) in [6.07, 6.45) is -3.58. The highest BCUT2D eigenvalue weighted by Crippen LogP contribution is 2.20. The minimum atomic E-state index is -4.86. The lowest BCUT2D eigenvalue weighted by Gasteiger charge is -2.23. The van der Waals surface area contributed by atoms with Gasteiger partial charge in [-0.2, -0.15) is 13.2 Å². The predicted molar refractivity (Wildman–Crippen MR) is 83.3 cm³/mol. The van der Waals surface area contributed by atoms with Crippen LogP contribution in [0.3, 0.4) is 0 Å². The molecule has 7 heteroatoms. The van der Waals surface area contributed by atoms with E-state index in [4.69, 9.17) is 0 Å². The summed E-state index contributed by atoms with van der Waals surface area (Å²) in [6, 6.07) is 7.79. The lowest BCUT2D eigenvalue weighted by atomic mass is 10.0. The number of carbonyl (C=O) groups is 2. The van der Waals surface area contributed by atoms with Crippen LogP contribution in [0.4, 0.5) is 13.2 Å². The van der Waals surface area contributed by atoms with Gasteiger partial charge in [0.25, 0.3) is 0 Å². The van der Waals surface area contributed by atoms with Crippen LogP contribution in [-0.4, -0.2) is 54.0 Å². The van der Waals surface area contributed by atoms with E-state index in [1.54, 1.807) is 4.90 Å². The minimum absolute atomic E-state index is 0.0277. The van der Waals surface area contributed by atoms with E-state index in [2.05, 4.69) is 0 Å². The van der Waals surface area contributed by atoms with Gasteiger partial charge in [0.1, 0.15) is 0 Å². The number of hydrogen-bond donors (Lipinski definition) is 0. The topological polar surface area (TPSA) is 40.6 Å². The Labute approximate surface area is 139 Å². The molecule has 4 nitrogen and oxygen atoms in total. The van der Waals surface area contributed by atoms with Gasteiger partial charge in [0, 0.05) is 32.6 Å². The average Bonchev–Trinajstić information content (AvgIpc) is 2.78. The molecule has 1 aromatic rings. The highest BCUT2D eigenvalue weighted by Gasteiger charge is 2.42. The van der Waals surface area contributed by atoms with Gasteiger partial charge >= 0.3 is 12.1 Å². The third-order valence-electron chi connectivity index (χ3n) is 4.25. The second-order valence-electron chi connectivity index (χ2n) is 5.95. The molecule has 1 aliphatic heterocycles. The van der Waals surface area contributed by atoms with Crippen LogP contribution >= 0.6 is 0 Å². The van der Waals surface area contributed by atoms with Crippen molar-refractivity contribution in [2.45, 2.75) is 32.4 Å². The molecule has 0 aliphatic carbocycles. The van der Waals surface area contributed by atoms with Gasteiger partial charge in [-0.25, -0.2) is 0 Å². The number of benzene rings is 1. The van der Waals surface area contributed by atoms with Crippen molar-refractivity contribution in [3.8, 4) is 0 Å². The summed E-state index contributed by atoms with van der Waals surface area (Å²) in [5, 5.41) is 0. The molecule has 0 atom stereocenters. The van der Waals surface area contributed by atoms with Crippen molar-refractivity contribution in [2.24, 2.45) is 0 Å². The molecule has 0 N–H and O–H groups in total. The highest BCUT2D eigenvalue weighted by atomic mass is 19.4. The lowest BCUT2D eigenvalue weighted by molar-refractivity contribution is -0.185. The number of aryl methyl sites for hydroxylation is 2. The number of hydrogen-bond acceptors (Lipinski definition) is 2. The van der Waals surface area contributed by atoms with Crippen LogP contribution in [0, 0.1) is 6.92 Å². The number of alkyl halides is 3. The third-order valence-corrected chi connectivity index (χ3v) is 4.25. The van der Waals surface area contributed by atoms with Crippen LogP contribution in [0.25, 0.3) is 0 Å². The monoisotopic (exact) mass is 342 g/mol. The predicted octanol–water partition coefficient (Wildman–Crippen LogP) is 2.55. The highest BCUT2D eigenvalue weighted by molar-refractivity contribution is 5.82. The standard InChI is InChI=1S/C17H21F3N2O2/c1-13-5-2-3-6-14(13)7-8-15(23)21-9-4-10-22(12-11-21)16(24)17(18,19)20/h2-3,5-6H,4,7-12H2,1H3. The SMILES string of the molecule is Cc1ccccc1CCC(=O)N1CCCN(C(=O)C(F)(F)F)CC1. The van der Waals surface area contributed by atoms with Crippen molar-refractivity contribution >= 4 is 11.8 Å². The van der Waals surface area contributed by atoms with E-state index in [0.717, 1.165) is 16.0 Å². The molecule has 1 aromatic carbocycles. The zero-order chi connectivity index (χ0) is 17.7. The van der Waals surface area contributed by atoms with Gasteiger partial charge in [0.05, 0.1) is 0 Å². The smallest absolute Gasteiger partial charge is 0.341 e. The maximum atomic E-state index is 12.5. The van der Waals surface area contributed by atoms with E-state index in [1.165, 1.54) is 0 Å². The maximum absolute atomic E-state index is 12.5. The van der Waals surface area contributed by atoms with Gasteiger partial charge in [-0.1, -0.05) is 24.3 Å². The molecule has 0 spiro atoms. The molecule has 1 heterocycles. The number of carbonyl (C=O) groups excluding carboxylic acids is 2. The molecule has 132 valence electrons. The summed E-state index contributed by atoms with van der Waals surface area (Å²) < 4.78 is 37.5. The summed E-state index contributed by atoms with van der Waals surface area (Å²) in [6.45, 7) is 2.46. The van der Waals surface area contributed by atoms with Crippen molar-refractivity contribution in [1.29, 1.82) is 0 Å². The Balaban J connectivity index is 1.88. The van der Waals surface area contributed by atoms with Crippen LogP contribution in [0.2, 0.25) is 0 Å². The third kappa shape index (κ3) is 4.72. The number of rotatable bonds is 3. The van der Waals surface area contributed by atoms with Crippen molar-refractivity contribution < 1.29 is 22.8 Å². The summed E-state index contributed by atoms with van der Waals surface area (Å²) in [5.74, 6) is -1.91. The molecule has 1 saturated heterocycles. The Morgan fingerprint density at radius 2 is 1.67 bits per heavy atom. The molecule has 2 rings (SSSR count). The fourth-order valence-corrected chi connectivity index (χ4v) is 2.84. The molecule has 1 fully saturated rings. The summed E-state index contributed by atoms with van der Waals surface area (Å²) in [5.41, 5.74) is 2.21. The van der Waals surface area contributed by atoms with Crippen LogP contribution in [0.1, 0.15) is 24.0 Å². The largest absolute Gasteiger partial charge is 0.471 e. The van der Waals surface area contributed by atoms with Crippen molar-refractivity contribution in [2.75, 3.05) is 26.2 Å². The first-order chi connectivity index (χ1) is 11.3. The zero-order valence-electron chi connectivity index (χ0n) is 13.6. The van der Waals surface area contributed by atoms with Gasteiger partial charge in [0.2, 0.25) is 5.91 Å². The first-order valence-corrected chi connectivity index (χ1v) is 7.97. The molecule has 2 amide bonds. The molecule has 0 unspecified atom stereocenters. The normalized spacial score (nSPS) is 16.0. The second-order valence-corrected chi connectivity index (χ2v) is 5.95. The first kappa shape index (κ1) is 18.3. The Kier molecular flexibility index (Phi) is 5.85. The van der Waals surface area contributed by atoms with E-state index in [9.17, 15) is 22.8 Å². The van der Waals surface area contributed by atoms with Gasteiger partial charge < -0.3 is 9.80 Å². The van der Waals surface area contributed by atoms with Crippen molar-refractivity contribution in [3.05, 3.63) is 35.4 Å². The second kappa shape index (κ2) is 7.68. The van der Waals surface area contributed by atoms with Gasteiger partial charge in [-0.15, -0.1) is 0 Å². The van der Waals surface area contributed by atoms with Crippen LogP contribution in [0.15, 0.2) is 24.3 Å².